The van der Waals surface area contributed by atoms with Crippen molar-refractivity contribution in [3.05, 3.63) is 71.4 Å². The number of piperidine rings is 1. The van der Waals surface area contributed by atoms with Crippen LogP contribution in [0.3, 0.4) is 0 Å². The molecule has 39 heavy (non-hydrogen) atoms. The Balaban J connectivity index is 1.38. The van der Waals surface area contributed by atoms with Gasteiger partial charge in [-0.1, -0.05) is 6.92 Å². The van der Waals surface area contributed by atoms with Crippen LogP contribution in [0.1, 0.15) is 31.0 Å². The first kappa shape index (κ1) is 27.3. The smallest absolute Gasteiger partial charge is 0.149 e. The van der Waals surface area contributed by atoms with Gasteiger partial charge in [0.25, 0.3) is 0 Å². The second-order valence-electron chi connectivity index (χ2n) is 10.4. The minimum Gasteiger partial charge on any atom is -0.391 e. The highest BCUT2D eigenvalue weighted by Crippen LogP contribution is 2.36. The van der Waals surface area contributed by atoms with Crippen molar-refractivity contribution in [2.75, 3.05) is 36.5 Å². The molecule has 2 saturated heterocycles. The van der Waals surface area contributed by atoms with Crippen LogP contribution >= 0.6 is 0 Å². The minimum atomic E-state index is -1.41. The van der Waals surface area contributed by atoms with Gasteiger partial charge in [0, 0.05) is 57.3 Å². The van der Waals surface area contributed by atoms with Crippen LogP contribution in [0.15, 0.2) is 42.7 Å². The van der Waals surface area contributed by atoms with E-state index in [2.05, 4.69) is 20.2 Å². The van der Waals surface area contributed by atoms with Gasteiger partial charge in [-0.15, -0.1) is 0 Å². The third-order valence-electron chi connectivity index (χ3n) is 7.60. The Morgan fingerprint density at radius 1 is 1.10 bits per heavy atom. The van der Waals surface area contributed by atoms with Crippen molar-refractivity contribution >= 4 is 11.4 Å². The fraction of sp³-hybridized carbons (Fsp3) is 0.429. The highest BCUT2D eigenvalue weighted by molar-refractivity contribution is 5.69. The fourth-order valence-electron chi connectivity index (χ4n) is 5.32. The minimum absolute atomic E-state index is 0.0283. The van der Waals surface area contributed by atoms with E-state index >= 15 is 8.78 Å². The monoisotopic (exact) mass is 543 g/mol. The molecular weight excluding hydrogens is 511 g/mol. The average Bonchev–Trinajstić information content (AvgIpc) is 2.92. The maximum atomic E-state index is 15.2. The maximum Gasteiger partial charge on any atom is 0.149 e. The van der Waals surface area contributed by atoms with Crippen molar-refractivity contribution in [2.45, 2.75) is 44.1 Å². The molecule has 3 atom stereocenters. The predicted octanol–water partition coefficient (Wildman–Crippen LogP) is 3.32. The number of aliphatic hydroxyl groups excluding tert-OH is 1. The largest absolute Gasteiger partial charge is 0.391 e. The molecule has 0 amide bonds. The van der Waals surface area contributed by atoms with Crippen molar-refractivity contribution in [1.29, 1.82) is 0 Å². The molecule has 0 spiro atoms. The number of nitrogens with zero attached hydrogens (tertiary/aromatic N) is 3. The zero-order valence-corrected chi connectivity index (χ0v) is 21.6. The van der Waals surface area contributed by atoms with E-state index in [0.29, 0.717) is 24.5 Å². The first-order valence-corrected chi connectivity index (χ1v) is 13.0. The molecule has 0 bridgehead atoms. The standard InChI is InChI=1S/C28H32F3N5O3/c1-16-14-36(15-22(32)27(16)37)24-4-7-33-13-23(24)34-12-18-2-3-19(29)26(35-18)25-20(30)10-17(11-21(25)31)28(38)5-8-39-9-6-28/h2-4,7,10-11,13,16,22,27,34,37-38H,5-6,8-9,12,14-15,32H2,1H3. The normalized spacial score (nSPS) is 23.1. The number of aromatic nitrogens is 2. The first-order valence-electron chi connectivity index (χ1n) is 13.0. The molecule has 208 valence electrons. The van der Waals surface area contributed by atoms with Crippen molar-refractivity contribution < 1.29 is 28.1 Å². The van der Waals surface area contributed by atoms with Crippen molar-refractivity contribution in [2.24, 2.45) is 11.7 Å². The Morgan fingerprint density at radius 3 is 2.51 bits per heavy atom. The lowest BCUT2D eigenvalue weighted by atomic mass is 9.85. The number of hydrogen-bond acceptors (Lipinski definition) is 8. The van der Waals surface area contributed by atoms with Crippen LogP contribution < -0.4 is 16.0 Å². The summed E-state index contributed by atoms with van der Waals surface area (Å²) in [5.74, 6) is -2.91. The summed E-state index contributed by atoms with van der Waals surface area (Å²) in [4.78, 5) is 10.5. The van der Waals surface area contributed by atoms with Crippen LogP contribution in [0.5, 0.6) is 0 Å². The van der Waals surface area contributed by atoms with Gasteiger partial charge in [0.1, 0.15) is 23.1 Å². The van der Waals surface area contributed by atoms with E-state index in [1.807, 2.05) is 13.0 Å². The SMILES string of the molecule is CC1CN(c2ccncc2NCc2ccc(F)c(-c3c(F)cc(C4(O)CCOCC4)cc3F)n2)CC(N)C1O. The van der Waals surface area contributed by atoms with E-state index in [9.17, 15) is 14.6 Å². The highest BCUT2D eigenvalue weighted by Gasteiger charge is 2.34. The lowest BCUT2D eigenvalue weighted by Crippen LogP contribution is -2.55. The third kappa shape index (κ3) is 5.58. The second kappa shape index (κ2) is 11.1. The van der Waals surface area contributed by atoms with Gasteiger partial charge in [0.15, 0.2) is 0 Å². The topological polar surface area (TPSA) is 117 Å². The summed E-state index contributed by atoms with van der Waals surface area (Å²) in [6, 6.07) is 6.07. The zero-order chi connectivity index (χ0) is 27.7. The van der Waals surface area contributed by atoms with E-state index in [0.717, 1.165) is 23.9 Å². The van der Waals surface area contributed by atoms with Crippen molar-refractivity contribution in [1.82, 2.24) is 9.97 Å². The molecule has 8 nitrogen and oxygen atoms in total. The van der Waals surface area contributed by atoms with Crippen LogP contribution in [0.4, 0.5) is 24.5 Å². The summed E-state index contributed by atoms with van der Waals surface area (Å²) >= 11 is 0. The van der Waals surface area contributed by atoms with E-state index in [1.165, 1.54) is 6.07 Å². The van der Waals surface area contributed by atoms with Crippen molar-refractivity contribution in [3.8, 4) is 11.3 Å². The molecule has 5 N–H and O–H groups in total. The summed E-state index contributed by atoms with van der Waals surface area (Å²) in [5, 5.41) is 24.3. The predicted molar refractivity (Wildman–Crippen MR) is 140 cm³/mol. The average molecular weight is 544 g/mol. The molecule has 0 aliphatic carbocycles. The molecule has 4 heterocycles. The van der Waals surface area contributed by atoms with Crippen LogP contribution in [-0.4, -0.2) is 58.6 Å². The zero-order valence-electron chi connectivity index (χ0n) is 21.6. The Hall–Kier alpha value is -3.25. The van der Waals surface area contributed by atoms with Gasteiger partial charge >= 0.3 is 0 Å². The highest BCUT2D eigenvalue weighted by atomic mass is 19.1. The van der Waals surface area contributed by atoms with E-state index < -0.39 is 46.5 Å². The molecule has 0 radical (unpaired) electrons. The number of nitrogens with two attached hydrogens (primary N) is 1. The van der Waals surface area contributed by atoms with Gasteiger partial charge in [-0.05, 0) is 35.9 Å². The molecule has 2 aromatic heterocycles. The Kier molecular flexibility index (Phi) is 7.77. The number of pyridine rings is 2. The molecule has 3 aromatic rings. The van der Waals surface area contributed by atoms with Gasteiger partial charge in [-0.2, -0.15) is 0 Å². The number of aliphatic hydroxyl groups is 2. The molecule has 5 rings (SSSR count). The molecular formula is C28H32F3N5O3. The summed E-state index contributed by atoms with van der Waals surface area (Å²) in [6.07, 6.45) is 3.12. The molecule has 3 unspecified atom stereocenters. The number of anilines is 2. The van der Waals surface area contributed by atoms with Crippen LogP contribution in [0.25, 0.3) is 11.3 Å². The first-order chi connectivity index (χ1) is 18.7. The van der Waals surface area contributed by atoms with Crippen LogP contribution in [0, 0.1) is 23.4 Å². The van der Waals surface area contributed by atoms with Crippen LogP contribution in [-0.2, 0) is 16.9 Å². The molecule has 2 aliphatic heterocycles. The Morgan fingerprint density at radius 2 is 1.82 bits per heavy atom. The van der Waals surface area contributed by atoms with Gasteiger partial charge in [0.05, 0.1) is 47.1 Å². The molecule has 2 aliphatic rings. The summed E-state index contributed by atoms with van der Waals surface area (Å²) in [7, 11) is 0. The number of rotatable bonds is 6. The van der Waals surface area contributed by atoms with Gasteiger partial charge in [0.2, 0.25) is 0 Å². The van der Waals surface area contributed by atoms with Gasteiger partial charge in [-0.25, -0.2) is 18.2 Å². The number of ether oxygens (including phenoxy) is 1. The molecule has 2 fully saturated rings. The number of hydrogen-bond donors (Lipinski definition) is 4. The molecule has 11 heteroatoms. The number of halogens is 3. The quantitative estimate of drug-likeness (QED) is 0.374. The Labute approximate surface area is 224 Å². The summed E-state index contributed by atoms with van der Waals surface area (Å²) in [6.45, 7) is 3.67. The van der Waals surface area contributed by atoms with Gasteiger partial charge < -0.3 is 30.9 Å². The van der Waals surface area contributed by atoms with Crippen LogP contribution in [0.2, 0.25) is 0 Å². The third-order valence-corrected chi connectivity index (χ3v) is 7.60. The number of nitrogens with one attached hydrogen (secondary N) is 1. The molecule has 1 aromatic carbocycles. The Bertz CT molecular complexity index is 1300. The van der Waals surface area contributed by atoms with Gasteiger partial charge in [-0.3, -0.25) is 4.98 Å². The van der Waals surface area contributed by atoms with E-state index in [1.54, 1.807) is 12.4 Å². The maximum absolute atomic E-state index is 15.2. The second-order valence-corrected chi connectivity index (χ2v) is 10.4. The lowest BCUT2D eigenvalue weighted by molar-refractivity contribution is -0.0682. The van der Waals surface area contributed by atoms with E-state index in [4.69, 9.17) is 10.5 Å². The summed E-state index contributed by atoms with van der Waals surface area (Å²) < 4.78 is 50.4. The number of benzene rings is 1. The fourth-order valence-corrected chi connectivity index (χ4v) is 5.32. The van der Waals surface area contributed by atoms with Crippen molar-refractivity contribution in [3.63, 3.8) is 0 Å². The van der Waals surface area contributed by atoms with E-state index in [-0.39, 0.29) is 44.1 Å². The molecule has 0 saturated carbocycles. The lowest BCUT2D eigenvalue weighted by Gasteiger charge is -2.40. The summed E-state index contributed by atoms with van der Waals surface area (Å²) in [5.41, 5.74) is 5.62.